The largest absolute Gasteiger partial charge is 0.477 e. The molecule has 0 aromatic heterocycles. The SMILES string of the molecule is N#C/C(=C\c1c(F)cc(F)c(F)c1F)C(=O)O. The predicted octanol–water partition coefficient (Wildman–Crippen LogP) is 2.23. The molecule has 0 aliphatic rings. The summed E-state index contributed by atoms with van der Waals surface area (Å²) in [6.07, 6.45) is 0.287. The summed E-state index contributed by atoms with van der Waals surface area (Å²) in [5, 5.41) is 16.8. The van der Waals surface area contributed by atoms with E-state index in [0.29, 0.717) is 0 Å². The Kier molecular flexibility index (Phi) is 3.48. The molecular formula is C10H3F4NO2. The van der Waals surface area contributed by atoms with E-state index in [9.17, 15) is 22.4 Å². The predicted molar refractivity (Wildman–Crippen MR) is 47.5 cm³/mol. The highest BCUT2D eigenvalue weighted by atomic mass is 19.2. The molecule has 0 bridgehead atoms. The third-order valence-electron chi connectivity index (χ3n) is 1.79. The van der Waals surface area contributed by atoms with E-state index in [1.807, 2.05) is 0 Å². The second kappa shape index (κ2) is 4.65. The van der Waals surface area contributed by atoms with E-state index in [4.69, 9.17) is 10.4 Å². The number of carboxylic acid groups (broad SMARTS) is 1. The second-order valence-corrected chi connectivity index (χ2v) is 2.86. The fourth-order valence-electron chi connectivity index (χ4n) is 0.999. The standard InChI is InChI=1S/C10H3F4NO2/c11-6-2-7(12)9(14)8(13)5(6)1-4(3-15)10(16)17/h1-2H,(H,16,17)/b4-1+. The van der Waals surface area contributed by atoms with Crippen LogP contribution in [0, 0.1) is 34.6 Å². The van der Waals surface area contributed by atoms with Gasteiger partial charge in [-0.05, 0) is 6.08 Å². The maximum Gasteiger partial charge on any atom is 0.346 e. The van der Waals surface area contributed by atoms with E-state index < -0.39 is 40.4 Å². The van der Waals surface area contributed by atoms with Crippen molar-refractivity contribution in [3.05, 3.63) is 40.5 Å². The molecule has 17 heavy (non-hydrogen) atoms. The van der Waals surface area contributed by atoms with Crippen LogP contribution in [0.1, 0.15) is 5.56 Å². The highest BCUT2D eigenvalue weighted by Gasteiger charge is 2.19. The molecule has 1 aromatic carbocycles. The molecule has 1 aromatic rings. The third-order valence-corrected chi connectivity index (χ3v) is 1.79. The van der Waals surface area contributed by atoms with Crippen molar-refractivity contribution in [1.82, 2.24) is 0 Å². The van der Waals surface area contributed by atoms with Gasteiger partial charge in [0.1, 0.15) is 17.5 Å². The Bertz CT molecular complexity index is 560. The summed E-state index contributed by atoms with van der Waals surface area (Å²) in [6, 6.07) is 1.21. The molecule has 0 amide bonds. The minimum Gasteiger partial charge on any atom is -0.477 e. The monoisotopic (exact) mass is 245 g/mol. The normalized spacial score (nSPS) is 11.1. The molecule has 0 saturated carbocycles. The molecule has 0 fully saturated rings. The number of nitrogens with zero attached hydrogens (tertiary/aromatic N) is 1. The highest BCUT2D eigenvalue weighted by molar-refractivity contribution is 5.96. The summed E-state index contributed by atoms with van der Waals surface area (Å²) >= 11 is 0. The first kappa shape index (κ1) is 12.7. The zero-order valence-corrected chi connectivity index (χ0v) is 7.97. The first-order chi connectivity index (χ1) is 7.88. The van der Waals surface area contributed by atoms with Crippen LogP contribution in [0.25, 0.3) is 6.08 Å². The van der Waals surface area contributed by atoms with Gasteiger partial charge in [0.05, 0.1) is 5.56 Å². The zero-order chi connectivity index (χ0) is 13.2. The topological polar surface area (TPSA) is 61.1 Å². The van der Waals surface area contributed by atoms with Crippen molar-refractivity contribution in [2.45, 2.75) is 0 Å². The van der Waals surface area contributed by atoms with E-state index in [1.165, 1.54) is 0 Å². The smallest absolute Gasteiger partial charge is 0.346 e. The summed E-state index contributed by atoms with van der Waals surface area (Å²) in [5.74, 6) is -8.82. The van der Waals surface area contributed by atoms with Crippen LogP contribution in [0.15, 0.2) is 11.6 Å². The first-order valence-corrected chi connectivity index (χ1v) is 4.06. The van der Waals surface area contributed by atoms with Crippen molar-refractivity contribution >= 4 is 12.0 Å². The lowest BCUT2D eigenvalue weighted by molar-refractivity contribution is -0.132. The zero-order valence-electron chi connectivity index (χ0n) is 7.97. The summed E-state index contributed by atoms with van der Waals surface area (Å²) in [5.41, 5.74) is -2.13. The molecule has 0 aliphatic carbocycles. The molecule has 1 N–H and O–H groups in total. The summed E-state index contributed by atoms with van der Waals surface area (Å²) in [6.45, 7) is 0. The van der Waals surface area contributed by atoms with Crippen molar-refractivity contribution in [1.29, 1.82) is 5.26 Å². The van der Waals surface area contributed by atoms with Crippen molar-refractivity contribution < 1.29 is 27.5 Å². The minimum atomic E-state index is -1.94. The minimum absolute atomic E-state index is 0.0566. The number of benzene rings is 1. The maximum atomic E-state index is 13.1. The number of rotatable bonds is 2. The molecule has 0 heterocycles. The van der Waals surface area contributed by atoms with Crippen LogP contribution < -0.4 is 0 Å². The summed E-state index contributed by atoms with van der Waals surface area (Å²) in [4.78, 5) is 10.4. The Morgan fingerprint density at radius 3 is 2.29 bits per heavy atom. The maximum absolute atomic E-state index is 13.1. The van der Waals surface area contributed by atoms with E-state index >= 15 is 0 Å². The van der Waals surface area contributed by atoms with Crippen molar-refractivity contribution in [3.63, 3.8) is 0 Å². The van der Waals surface area contributed by atoms with Gasteiger partial charge in [0.15, 0.2) is 17.5 Å². The fourth-order valence-corrected chi connectivity index (χ4v) is 0.999. The number of aliphatic carboxylic acids is 1. The van der Waals surface area contributed by atoms with Gasteiger partial charge in [-0.15, -0.1) is 0 Å². The van der Waals surface area contributed by atoms with Crippen LogP contribution >= 0.6 is 0 Å². The summed E-state index contributed by atoms with van der Waals surface area (Å²) < 4.78 is 51.4. The third kappa shape index (κ3) is 2.42. The fraction of sp³-hybridized carbons (Fsp3) is 0. The van der Waals surface area contributed by atoms with Crippen LogP contribution in [-0.4, -0.2) is 11.1 Å². The van der Waals surface area contributed by atoms with Gasteiger partial charge < -0.3 is 5.11 Å². The molecule has 0 saturated heterocycles. The summed E-state index contributed by atoms with van der Waals surface area (Å²) in [7, 11) is 0. The Balaban J connectivity index is 3.49. The average molecular weight is 245 g/mol. The lowest BCUT2D eigenvalue weighted by Crippen LogP contribution is -2.02. The van der Waals surface area contributed by atoms with Crippen LogP contribution in [-0.2, 0) is 4.79 Å². The van der Waals surface area contributed by atoms with Gasteiger partial charge in [0, 0.05) is 6.07 Å². The number of carbonyl (C=O) groups is 1. The molecule has 7 heteroatoms. The van der Waals surface area contributed by atoms with Gasteiger partial charge >= 0.3 is 5.97 Å². The molecule has 0 unspecified atom stereocenters. The Labute approximate surface area is 92.2 Å². The first-order valence-electron chi connectivity index (χ1n) is 4.06. The van der Waals surface area contributed by atoms with Gasteiger partial charge in [0.2, 0.25) is 0 Å². The van der Waals surface area contributed by atoms with E-state index in [2.05, 4.69) is 0 Å². The number of halogens is 4. The van der Waals surface area contributed by atoms with Crippen LogP contribution in [0.2, 0.25) is 0 Å². The lowest BCUT2D eigenvalue weighted by Gasteiger charge is -2.02. The molecule has 1 rings (SSSR count). The van der Waals surface area contributed by atoms with Crippen LogP contribution in [0.5, 0.6) is 0 Å². The lowest BCUT2D eigenvalue weighted by atomic mass is 10.1. The Morgan fingerprint density at radius 2 is 1.82 bits per heavy atom. The Hall–Kier alpha value is -2.36. The molecule has 88 valence electrons. The number of carboxylic acids is 1. The van der Waals surface area contributed by atoms with Gasteiger partial charge in [-0.2, -0.15) is 5.26 Å². The number of nitriles is 1. The van der Waals surface area contributed by atoms with Crippen LogP contribution in [0.4, 0.5) is 17.6 Å². The molecule has 0 spiro atoms. The van der Waals surface area contributed by atoms with Gasteiger partial charge in [-0.25, -0.2) is 22.4 Å². The van der Waals surface area contributed by atoms with E-state index in [-0.39, 0.29) is 12.1 Å². The average Bonchev–Trinajstić information content (AvgIpc) is 2.26. The van der Waals surface area contributed by atoms with Crippen LogP contribution in [0.3, 0.4) is 0 Å². The van der Waals surface area contributed by atoms with Gasteiger partial charge in [-0.3, -0.25) is 0 Å². The Morgan fingerprint density at radius 1 is 1.24 bits per heavy atom. The van der Waals surface area contributed by atoms with Gasteiger partial charge in [0.25, 0.3) is 0 Å². The molecule has 0 atom stereocenters. The second-order valence-electron chi connectivity index (χ2n) is 2.86. The van der Waals surface area contributed by atoms with E-state index in [0.717, 1.165) is 6.07 Å². The molecule has 0 radical (unpaired) electrons. The molecular weight excluding hydrogens is 242 g/mol. The van der Waals surface area contributed by atoms with Gasteiger partial charge in [-0.1, -0.05) is 0 Å². The van der Waals surface area contributed by atoms with Crippen molar-refractivity contribution in [2.75, 3.05) is 0 Å². The van der Waals surface area contributed by atoms with Crippen molar-refractivity contribution in [3.8, 4) is 6.07 Å². The van der Waals surface area contributed by atoms with E-state index in [1.54, 1.807) is 0 Å². The quantitative estimate of drug-likeness (QED) is 0.286. The molecule has 0 aliphatic heterocycles. The number of hydrogen-bond acceptors (Lipinski definition) is 2. The molecule has 3 nitrogen and oxygen atoms in total. The highest BCUT2D eigenvalue weighted by Crippen LogP contribution is 2.21. The number of hydrogen-bond donors (Lipinski definition) is 1. The van der Waals surface area contributed by atoms with Crippen molar-refractivity contribution in [2.24, 2.45) is 0 Å².